The van der Waals surface area contributed by atoms with E-state index in [1.165, 1.54) is 5.56 Å². The van der Waals surface area contributed by atoms with Crippen LogP contribution < -0.4 is 10.6 Å². The number of aromatic amines is 1. The number of allylic oxidation sites excluding steroid dienone is 1. The Bertz CT molecular complexity index is 1300. The monoisotopic (exact) mass is 541 g/mol. The zero-order chi connectivity index (χ0) is 27.3. The summed E-state index contributed by atoms with van der Waals surface area (Å²) < 4.78 is 39.7. The second-order valence-corrected chi connectivity index (χ2v) is 11.6. The van der Waals surface area contributed by atoms with Crippen LogP contribution in [0.5, 0.6) is 0 Å². The number of benzene rings is 1. The Morgan fingerprint density at radius 1 is 1.10 bits per heavy atom. The second kappa shape index (κ2) is 10.1. The van der Waals surface area contributed by atoms with Crippen molar-refractivity contribution >= 4 is 11.8 Å². The Kier molecular flexibility index (Phi) is 6.77. The summed E-state index contributed by atoms with van der Waals surface area (Å²) in [5, 5.41) is 12.8. The molecule has 0 radical (unpaired) electrons. The zero-order valence-electron chi connectivity index (χ0n) is 21.9. The predicted molar refractivity (Wildman–Crippen MR) is 139 cm³/mol. The van der Waals surface area contributed by atoms with Gasteiger partial charge in [0.2, 0.25) is 5.91 Å². The van der Waals surface area contributed by atoms with Crippen LogP contribution in [0.3, 0.4) is 0 Å². The Balaban J connectivity index is 1.11. The third kappa shape index (κ3) is 5.11. The molecular formula is C29H34F3N5O2. The Hall–Kier alpha value is -3.14. The number of rotatable bonds is 5. The third-order valence-electron chi connectivity index (χ3n) is 8.97. The molecule has 2 fully saturated rings. The number of amides is 2. The highest BCUT2D eigenvalue weighted by Crippen LogP contribution is 2.36. The van der Waals surface area contributed by atoms with Gasteiger partial charge in [0.25, 0.3) is 5.91 Å². The largest absolute Gasteiger partial charge is 0.435 e. The Labute approximate surface area is 225 Å². The Morgan fingerprint density at radius 2 is 1.92 bits per heavy atom. The van der Waals surface area contributed by atoms with E-state index in [4.69, 9.17) is 0 Å². The number of hydrogen-bond donors (Lipinski definition) is 3. The number of fused-ring (bicyclic) bond motifs is 2. The molecule has 0 spiro atoms. The number of alkyl halides is 3. The van der Waals surface area contributed by atoms with Crippen LogP contribution in [0.1, 0.15) is 83.4 Å². The molecule has 3 heterocycles. The molecule has 2 aliphatic carbocycles. The van der Waals surface area contributed by atoms with Crippen LogP contribution in [-0.4, -0.2) is 45.0 Å². The molecule has 6 rings (SSSR count). The molecule has 4 aliphatic rings. The first-order chi connectivity index (χ1) is 18.7. The molecule has 7 nitrogen and oxygen atoms in total. The number of hydrogen-bond acceptors (Lipinski definition) is 4. The van der Waals surface area contributed by atoms with E-state index >= 15 is 0 Å². The summed E-state index contributed by atoms with van der Waals surface area (Å²) in [4.78, 5) is 27.3. The summed E-state index contributed by atoms with van der Waals surface area (Å²) in [6.45, 7) is 4.27. The third-order valence-corrected chi connectivity index (χ3v) is 8.97. The highest BCUT2D eigenvalue weighted by atomic mass is 19.4. The lowest BCUT2D eigenvalue weighted by Gasteiger charge is -2.36. The molecule has 0 bridgehead atoms. The molecule has 1 saturated carbocycles. The number of piperidine rings is 1. The molecule has 3 N–H and O–H groups in total. The van der Waals surface area contributed by atoms with Gasteiger partial charge in [0.15, 0.2) is 5.69 Å². The summed E-state index contributed by atoms with van der Waals surface area (Å²) >= 11 is 0. The molecule has 2 amide bonds. The van der Waals surface area contributed by atoms with Crippen molar-refractivity contribution < 1.29 is 22.8 Å². The molecule has 2 aliphatic heterocycles. The zero-order valence-corrected chi connectivity index (χ0v) is 21.9. The summed E-state index contributed by atoms with van der Waals surface area (Å²) in [5.41, 5.74) is 3.66. The maximum atomic E-state index is 13.2. The van der Waals surface area contributed by atoms with Gasteiger partial charge in [-0.05, 0) is 68.1 Å². The van der Waals surface area contributed by atoms with Crippen molar-refractivity contribution in [3.8, 4) is 0 Å². The molecular weight excluding hydrogens is 507 g/mol. The first-order valence-corrected chi connectivity index (χ1v) is 14.0. The predicted octanol–water partition coefficient (Wildman–Crippen LogP) is 4.43. The molecule has 208 valence electrons. The van der Waals surface area contributed by atoms with Crippen molar-refractivity contribution in [1.29, 1.82) is 0 Å². The van der Waals surface area contributed by atoms with Gasteiger partial charge in [-0.2, -0.15) is 18.3 Å². The molecule has 1 unspecified atom stereocenters. The summed E-state index contributed by atoms with van der Waals surface area (Å²) in [6, 6.07) is 5.99. The van der Waals surface area contributed by atoms with Crippen LogP contribution in [0.4, 0.5) is 13.2 Å². The number of nitrogens with zero attached hydrogens (tertiary/aromatic N) is 2. The fourth-order valence-corrected chi connectivity index (χ4v) is 6.99. The molecule has 1 aromatic carbocycles. The van der Waals surface area contributed by atoms with Gasteiger partial charge < -0.3 is 15.5 Å². The number of H-pyrrole nitrogens is 1. The fourth-order valence-electron chi connectivity index (χ4n) is 6.99. The van der Waals surface area contributed by atoms with Gasteiger partial charge in [-0.1, -0.05) is 31.6 Å². The lowest BCUT2D eigenvalue weighted by molar-refractivity contribution is -0.141. The number of halogens is 3. The minimum absolute atomic E-state index is 0.0921. The van der Waals surface area contributed by atoms with Crippen LogP contribution in [0, 0.1) is 5.92 Å². The molecule has 4 atom stereocenters. The molecule has 1 aromatic heterocycles. The lowest BCUT2D eigenvalue weighted by atomic mass is 9.79. The van der Waals surface area contributed by atoms with E-state index in [1.807, 2.05) is 12.1 Å². The topological polar surface area (TPSA) is 90.1 Å². The summed E-state index contributed by atoms with van der Waals surface area (Å²) in [5.74, 6) is 0.156. The van der Waals surface area contributed by atoms with Gasteiger partial charge in [0.1, 0.15) is 6.04 Å². The van der Waals surface area contributed by atoms with Crippen molar-refractivity contribution in [2.75, 3.05) is 0 Å². The van der Waals surface area contributed by atoms with E-state index < -0.39 is 17.9 Å². The van der Waals surface area contributed by atoms with E-state index in [2.05, 4.69) is 33.5 Å². The van der Waals surface area contributed by atoms with E-state index in [-0.39, 0.29) is 17.9 Å². The van der Waals surface area contributed by atoms with Crippen LogP contribution in [0.2, 0.25) is 0 Å². The van der Waals surface area contributed by atoms with E-state index in [0.29, 0.717) is 73.1 Å². The highest BCUT2D eigenvalue weighted by molar-refractivity contribution is 6.01. The number of carbonyl (C=O) groups is 2. The average Bonchev–Trinajstić information content (AvgIpc) is 3.46. The van der Waals surface area contributed by atoms with Gasteiger partial charge in [-0.3, -0.25) is 14.7 Å². The summed E-state index contributed by atoms with van der Waals surface area (Å²) in [6.07, 6.45) is 3.71. The van der Waals surface area contributed by atoms with Crippen molar-refractivity contribution in [2.24, 2.45) is 5.92 Å². The normalized spacial score (nSPS) is 27.4. The average molecular weight is 542 g/mol. The van der Waals surface area contributed by atoms with Crippen LogP contribution in [0.15, 0.2) is 30.5 Å². The number of aromatic nitrogens is 2. The van der Waals surface area contributed by atoms with Crippen molar-refractivity contribution in [2.45, 2.75) is 95.1 Å². The van der Waals surface area contributed by atoms with Crippen molar-refractivity contribution in [3.63, 3.8) is 0 Å². The van der Waals surface area contributed by atoms with Crippen molar-refractivity contribution in [1.82, 2.24) is 25.7 Å². The smallest absolute Gasteiger partial charge is 0.329 e. The molecule has 2 aromatic rings. The quantitative estimate of drug-likeness (QED) is 0.523. The van der Waals surface area contributed by atoms with E-state index in [9.17, 15) is 22.8 Å². The van der Waals surface area contributed by atoms with Gasteiger partial charge in [0, 0.05) is 47.6 Å². The lowest BCUT2D eigenvalue weighted by Crippen LogP contribution is -2.49. The Morgan fingerprint density at radius 3 is 2.72 bits per heavy atom. The second-order valence-electron chi connectivity index (χ2n) is 11.6. The minimum Gasteiger partial charge on any atom is -0.329 e. The van der Waals surface area contributed by atoms with Crippen molar-refractivity contribution in [3.05, 3.63) is 64.1 Å². The van der Waals surface area contributed by atoms with Gasteiger partial charge in [-0.25, -0.2) is 0 Å². The van der Waals surface area contributed by atoms with E-state index in [1.54, 1.807) is 4.90 Å². The molecule has 10 heteroatoms. The maximum Gasteiger partial charge on any atom is 0.435 e. The van der Waals surface area contributed by atoms with Gasteiger partial charge in [0.05, 0.1) is 0 Å². The van der Waals surface area contributed by atoms with Gasteiger partial charge >= 0.3 is 6.18 Å². The molecule has 39 heavy (non-hydrogen) atoms. The highest BCUT2D eigenvalue weighted by Gasteiger charge is 2.40. The van der Waals surface area contributed by atoms with Crippen LogP contribution in [0.25, 0.3) is 0 Å². The first kappa shape index (κ1) is 26.1. The minimum atomic E-state index is -4.42. The summed E-state index contributed by atoms with van der Waals surface area (Å²) in [7, 11) is 0. The SMILES string of the molecule is C=C1CCC(N2Cc3cc(C[C@H]4CCCC[C@@H]4N[C@@H]4CCc5c(C(F)(F)F)n[nH]c5C4)ccc3C2=O)C(=O)N1. The van der Waals surface area contributed by atoms with Gasteiger partial charge in [-0.15, -0.1) is 0 Å². The van der Waals surface area contributed by atoms with Crippen LogP contribution in [-0.2, 0) is 36.8 Å². The fraction of sp³-hybridized carbons (Fsp3) is 0.552. The first-order valence-electron chi connectivity index (χ1n) is 14.0. The number of nitrogens with one attached hydrogen (secondary N) is 3. The standard InChI is InChI=1S/C29H34F3N5O2/c1-16-6-11-25(27(38)33-16)37-15-19-13-17(7-9-21(19)28(37)39)12-18-4-2-3-5-23(18)34-20-8-10-22-24(14-20)35-36-26(22)29(30,31)32/h7,9,13,18,20,23,25,34H,1-6,8,10-12,14-15H2,(H,33,38)(H,35,36)/t18-,20-,23+,25?/m1/s1. The van der Waals surface area contributed by atoms with E-state index in [0.717, 1.165) is 37.7 Å². The molecule has 1 saturated heterocycles. The maximum absolute atomic E-state index is 13.2. The van der Waals surface area contributed by atoms with Crippen LogP contribution >= 0.6 is 0 Å². The number of carbonyl (C=O) groups excluding carboxylic acids is 2.